The van der Waals surface area contributed by atoms with Crippen molar-refractivity contribution in [1.29, 1.82) is 0 Å². The number of hydrogen-bond donors (Lipinski definition) is 0. The van der Waals surface area contributed by atoms with E-state index in [2.05, 4.69) is 4.74 Å². The van der Waals surface area contributed by atoms with Gasteiger partial charge in [-0.3, -0.25) is 4.90 Å². The number of nitrogens with zero attached hydrogens (tertiary/aromatic N) is 1. The number of esters is 1. The standard InChI is InChI=1S/C15H17F4NO2/c16-12-6-4-5-11(9-12)14(21)22-13(15(17,18)19)10-20-7-2-1-3-8-20/h4-6,9,13H,1-3,7-8,10H2/t13-/m1/s1. The Morgan fingerprint density at radius 2 is 1.91 bits per heavy atom. The second kappa shape index (κ2) is 7.09. The van der Waals surface area contributed by atoms with Gasteiger partial charge in [-0.2, -0.15) is 13.2 Å². The Morgan fingerprint density at radius 1 is 1.23 bits per heavy atom. The third-order valence-electron chi connectivity index (χ3n) is 3.55. The van der Waals surface area contributed by atoms with Crippen LogP contribution in [0.1, 0.15) is 29.6 Å². The predicted octanol–water partition coefficient (Wildman–Crippen LogP) is 3.40. The lowest BCUT2D eigenvalue weighted by Crippen LogP contribution is -2.45. The van der Waals surface area contributed by atoms with Gasteiger partial charge in [-0.1, -0.05) is 12.5 Å². The van der Waals surface area contributed by atoms with Gasteiger partial charge >= 0.3 is 12.1 Å². The van der Waals surface area contributed by atoms with Crippen molar-refractivity contribution < 1.29 is 27.1 Å². The second-order valence-electron chi connectivity index (χ2n) is 5.31. The lowest BCUT2D eigenvalue weighted by Gasteiger charge is -2.31. The smallest absolute Gasteiger partial charge is 0.426 e. The van der Waals surface area contributed by atoms with Gasteiger partial charge in [0.1, 0.15) is 5.82 Å². The van der Waals surface area contributed by atoms with Crippen LogP contribution in [0.15, 0.2) is 24.3 Å². The van der Waals surface area contributed by atoms with Gasteiger partial charge in [-0.05, 0) is 44.1 Å². The Balaban J connectivity index is 2.04. The van der Waals surface area contributed by atoms with E-state index in [-0.39, 0.29) is 12.1 Å². The highest BCUT2D eigenvalue weighted by Gasteiger charge is 2.44. The molecule has 0 N–H and O–H groups in total. The number of piperidine rings is 1. The molecular formula is C15H17F4NO2. The molecule has 2 rings (SSSR count). The van der Waals surface area contributed by atoms with Crippen LogP contribution in [0.4, 0.5) is 17.6 Å². The summed E-state index contributed by atoms with van der Waals surface area (Å²) in [6, 6.07) is 4.43. The Bertz CT molecular complexity index is 513. The minimum absolute atomic E-state index is 0.229. The third-order valence-corrected chi connectivity index (χ3v) is 3.55. The molecule has 1 aromatic rings. The van der Waals surface area contributed by atoms with Crippen LogP contribution in [-0.2, 0) is 4.74 Å². The molecule has 7 heteroatoms. The molecule has 0 aromatic heterocycles. The fourth-order valence-electron chi connectivity index (χ4n) is 2.40. The molecule has 1 aliphatic rings. The summed E-state index contributed by atoms with van der Waals surface area (Å²) in [5.41, 5.74) is -0.229. The molecule has 3 nitrogen and oxygen atoms in total. The second-order valence-corrected chi connectivity index (χ2v) is 5.31. The fraction of sp³-hybridized carbons (Fsp3) is 0.533. The number of carbonyl (C=O) groups is 1. The highest BCUT2D eigenvalue weighted by atomic mass is 19.4. The Hall–Kier alpha value is -1.63. The van der Waals surface area contributed by atoms with Gasteiger partial charge in [-0.15, -0.1) is 0 Å². The van der Waals surface area contributed by atoms with Crippen molar-refractivity contribution in [2.24, 2.45) is 0 Å². The molecule has 22 heavy (non-hydrogen) atoms. The van der Waals surface area contributed by atoms with E-state index in [0.29, 0.717) is 13.1 Å². The van der Waals surface area contributed by atoms with Crippen LogP contribution in [0.25, 0.3) is 0 Å². The first-order valence-corrected chi connectivity index (χ1v) is 7.12. The number of rotatable bonds is 4. The summed E-state index contributed by atoms with van der Waals surface area (Å²) in [7, 11) is 0. The summed E-state index contributed by atoms with van der Waals surface area (Å²) in [6.45, 7) is 0.735. The van der Waals surface area contributed by atoms with E-state index < -0.39 is 24.1 Å². The van der Waals surface area contributed by atoms with E-state index in [4.69, 9.17) is 0 Å². The van der Waals surface area contributed by atoms with Gasteiger partial charge in [0.05, 0.1) is 5.56 Å². The topological polar surface area (TPSA) is 29.5 Å². The maximum Gasteiger partial charge on any atom is 0.426 e. The minimum atomic E-state index is -4.65. The molecule has 0 bridgehead atoms. The molecule has 0 unspecified atom stereocenters. The van der Waals surface area contributed by atoms with E-state index in [0.717, 1.165) is 31.4 Å². The zero-order valence-electron chi connectivity index (χ0n) is 11.9. The molecule has 1 aromatic carbocycles. The molecule has 0 amide bonds. The van der Waals surface area contributed by atoms with E-state index in [1.165, 1.54) is 12.1 Å². The molecule has 1 heterocycles. The largest absolute Gasteiger partial charge is 0.448 e. The van der Waals surface area contributed by atoms with Crippen LogP contribution < -0.4 is 0 Å². The normalized spacial score (nSPS) is 18.0. The van der Waals surface area contributed by atoms with Crippen LogP contribution in [0.5, 0.6) is 0 Å². The molecule has 1 atom stereocenters. The zero-order valence-corrected chi connectivity index (χ0v) is 11.9. The Labute approximate surface area is 125 Å². The summed E-state index contributed by atoms with van der Waals surface area (Å²) >= 11 is 0. The highest BCUT2D eigenvalue weighted by Crippen LogP contribution is 2.26. The molecule has 0 radical (unpaired) electrons. The molecular weight excluding hydrogens is 302 g/mol. The lowest BCUT2D eigenvalue weighted by atomic mass is 10.1. The highest BCUT2D eigenvalue weighted by molar-refractivity contribution is 5.89. The van der Waals surface area contributed by atoms with Gasteiger partial charge in [0, 0.05) is 6.54 Å². The van der Waals surface area contributed by atoms with Gasteiger partial charge in [-0.25, -0.2) is 9.18 Å². The zero-order chi connectivity index (χ0) is 16.2. The number of alkyl halides is 3. The summed E-state index contributed by atoms with van der Waals surface area (Å²) in [5.74, 6) is -1.87. The fourth-order valence-corrected chi connectivity index (χ4v) is 2.40. The van der Waals surface area contributed by atoms with Crippen LogP contribution in [0, 0.1) is 5.82 Å². The maximum atomic E-state index is 13.1. The van der Waals surface area contributed by atoms with Gasteiger partial charge < -0.3 is 4.74 Å². The molecule has 0 saturated carbocycles. The van der Waals surface area contributed by atoms with Crippen molar-refractivity contribution in [2.75, 3.05) is 19.6 Å². The summed E-state index contributed by atoms with van der Waals surface area (Å²) in [5, 5.41) is 0. The monoisotopic (exact) mass is 319 g/mol. The van der Waals surface area contributed by atoms with Crippen LogP contribution in [-0.4, -0.2) is 42.8 Å². The molecule has 1 fully saturated rings. The molecule has 0 aliphatic carbocycles. The maximum absolute atomic E-state index is 13.1. The van der Waals surface area contributed by atoms with Crippen molar-refractivity contribution in [3.63, 3.8) is 0 Å². The average Bonchev–Trinajstić information content (AvgIpc) is 2.46. The predicted molar refractivity (Wildman–Crippen MR) is 71.9 cm³/mol. The quantitative estimate of drug-likeness (QED) is 0.629. The summed E-state index contributed by atoms with van der Waals surface area (Å²) < 4.78 is 56.8. The average molecular weight is 319 g/mol. The number of benzene rings is 1. The van der Waals surface area contributed by atoms with Crippen molar-refractivity contribution in [2.45, 2.75) is 31.5 Å². The summed E-state index contributed by atoms with van der Waals surface area (Å²) in [6.07, 6.45) is -4.19. The van der Waals surface area contributed by atoms with Crippen molar-refractivity contribution in [3.8, 4) is 0 Å². The van der Waals surface area contributed by atoms with Crippen molar-refractivity contribution >= 4 is 5.97 Å². The van der Waals surface area contributed by atoms with Gasteiger partial charge in [0.15, 0.2) is 0 Å². The van der Waals surface area contributed by atoms with Crippen LogP contribution >= 0.6 is 0 Å². The molecule has 0 spiro atoms. The SMILES string of the molecule is O=C(O[C@H](CN1CCCCC1)C(F)(F)F)c1cccc(F)c1. The van der Waals surface area contributed by atoms with Crippen LogP contribution in [0.3, 0.4) is 0 Å². The first-order chi connectivity index (χ1) is 10.4. The number of ether oxygens (including phenoxy) is 1. The van der Waals surface area contributed by atoms with E-state index in [9.17, 15) is 22.4 Å². The van der Waals surface area contributed by atoms with E-state index >= 15 is 0 Å². The molecule has 122 valence electrons. The summed E-state index contributed by atoms with van der Waals surface area (Å²) in [4.78, 5) is 13.4. The van der Waals surface area contributed by atoms with Crippen LogP contribution in [0.2, 0.25) is 0 Å². The first kappa shape index (κ1) is 16.7. The number of carbonyl (C=O) groups excluding carboxylic acids is 1. The number of hydrogen-bond acceptors (Lipinski definition) is 3. The number of halogens is 4. The third kappa shape index (κ3) is 4.69. The number of likely N-dealkylation sites (tertiary alicyclic amines) is 1. The minimum Gasteiger partial charge on any atom is -0.448 e. The first-order valence-electron chi connectivity index (χ1n) is 7.12. The van der Waals surface area contributed by atoms with Gasteiger partial charge in [0.2, 0.25) is 6.10 Å². The lowest BCUT2D eigenvalue weighted by molar-refractivity contribution is -0.209. The van der Waals surface area contributed by atoms with Crippen molar-refractivity contribution in [3.05, 3.63) is 35.6 Å². The van der Waals surface area contributed by atoms with Crippen molar-refractivity contribution in [1.82, 2.24) is 4.90 Å². The molecule has 1 aliphatic heterocycles. The Morgan fingerprint density at radius 3 is 2.50 bits per heavy atom. The molecule has 1 saturated heterocycles. The van der Waals surface area contributed by atoms with E-state index in [1.54, 1.807) is 4.90 Å². The van der Waals surface area contributed by atoms with E-state index in [1.807, 2.05) is 0 Å². The van der Waals surface area contributed by atoms with Gasteiger partial charge in [0.25, 0.3) is 0 Å². The Kier molecular flexibility index (Phi) is 5.39.